The Balaban J connectivity index is 3.78. The number of methoxy groups -OCH3 is 1. The van der Waals surface area contributed by atoms with Gasteiger partial charge in [-0.05, 0) is 0 Å². The molecule has 0 amide bonds. The van der Waals surface area contributed by atoms with Crippen LogP contribution in [0.15, 0.2) is 0 Å². The molecule has 0 spiro atoms. The molecule has 0 saturated carbocycles. The number of nitriles is 1. The molecule has 3 heteroatoms. The maximum atomic E-state index is 10.2. The lowest BCUT2D eigenvalue weighted by Gasteiger charge is -2.12. The minimum Gasteiger partial charge on any atom is -0.374 e. The molecule has 0 aromatic carbocycles. The van der Waals surface area contributed by atoms with Crippen molar-refractivity contribution in [3.63, 3.8) is 0 Å². The molecule has 0 saturated heterocycles. The summed E-state index contributed by atoms with van der Waals surface area (Å²) in [6.45, 7) is 1.81. The fourth-order valence-electron chi connectivity index (χ4n) is 0.682. The van der Waals surface area contributed by atoms with Crippen molar-refractivity contribution in [2.24, 2.45) is 5.92 Å². The van der Waals surface area contributed by atoms with Crippen LogP contribution in [-0.4, -0.2) is 19.5 Å². The van der Waals surface area contributed by atoms with Gasteiger partial charge < -0.3 is 9.53 Å². The van der Waals surface area contributed by atoms with Gasteiger partial charge in [-0.3, -0.25) is 0 Å². The molecule has 56 valence electrons. The summed E-state index contributed by atoms with van der Waals surface area (Å²) in [5.74, 6) is -0.00694. The molecule has 2 atom stereocenters. The largest absolute Gasteiger partial charge is 0.374 e. The summed E-state index contributed by atoms with van der Waals surface area (Å²) in [5.41, 5.74) is 0. The molecular weight excluding hydrogens is 130 g/mol. The van der Waals surface area contributed by atoms with Gasteiger partial charge in [0.2, 0.25) is 0 Å². The molecule has 0 aromatic rings. The van der Waals surface area contributed by atoms with Crippen molar-refractivity contribution in [2.45, 2.75) is 19.4 Å². The lowest BCUT2D eigenvalue weighted by Crippen LogP contribution is -2.21. The fourth-order valence-corrected chi connectivity index (χ4v) is 0.682. The van der Waals surface area contributed by atoms with Crippen LogP contribution in [0, 0.1) is 17.2 Å². The van der Waals surface area contributed by atoms with E-state index in [4.69, 9.17) is 10.00 Å². The Morgan fingerprint density at radius 2 is 2.40 bits per heavy atom. The number of hydrogen-bond acceptors (Lipinski definition) is 3. The van der Waals surface area contributed by atoms with Crippen LogP contribution in [0.1, 0.15) is 13.3 Å². The van der Waals surface area contributed by atoms with Crippen molar-refractivity contribution in [1.29, 1.82) is 5.26 Å². The van der Waals surface area contributed by atoms with Crippen molar-refractivity contribution in [3.8, 4) is 6.07 Å². The van der Waals surface area contributed by atoms with E-state index in [1.54, 1.807) is 0 Å². The molecule has 0 unspecified atom stereocenters. The minimum atomic E-state index is -0.431. The van der Waals surface area contributed by atoms with E-state index >= 15 is 0 Å². The smallest absolute Gasteiger partial charge is 0.149 e. The Bertz CT molecular complexity index is 139. The molecule has 3 nitrogen and oxygen atoms in total. The Labute approximate surface area is 60.6 Å². The second-order valence-corrected chi connectivity index (χ2v) is 2.18. The third-order valence-electron chi connectivity index (χ3n) is 1.38. The van der Waals surface area contributed by atoms with Crippen LogP contribution in [0.3, 0.4) is 0 Å². The van der Waals surface area contributed by atoms with E-state index in [0.717, 1.165) is 6.29 Å². The molecule has 0 aliphatic carbocycles. The van der Waals surface area contributed by atoms with Crippen LogP contribution < -0.4 is 0 Å². The van der Waals surface area contributed by atoms with Gasteiger partial charge in [0.1, 0.15) is 12.4 Å². The molecule has 0 bridgehead atoms. The van der Waals surface area contributed by atoms with Crippen molar-refractivity contribution < 1.29 is 9.53 Å². The molecule has 0 radical (unpaired) electrons. The third kappa shape index (κ3) is 2.60. The first kappa shape index (κ1) is 9.12. The number of aldehydes is 1. The fraction of sp³-hybridized carbons (Fsp3) is 0.714. The number of carbonyl (C=O) groups excluding carboxylic acids is 1. The van der Waals surface area contributed by atoms with Crippen LogP contribution in [0.2, 0.25) is 0 Å². The zero-order valence-electron chi connectivity index (χ0n) is 6.20. The van der Waals surface area contributed by atoms with Gasteiger partial charge in [0.15, 0.2) is 0 Å². The molecule has 0 aliphatic rings. The maximum absolute atomic E-state index is 10.2. The average molecular weight is 141 g/mol. The number of rotatable bonds is 4. The number of nitrogens with zero attached hydrogens (tertiary/aromatic N) is 1. The summed E-state index contributed by atoms with van der Waals surface area (Å²) in [6.07, 6.45) is 0.652. The van der Waals surface area contributed by atoms with Gasteiger partial charge in [-0.15, -0.1) is 0 Å². The highest BCUT2D eigenvalue weighted by atomic mass is 16.5. The van der Waals surface area contributed by atoms with E-state index in [9.17, 15) is 4.79 Å². The lowest BCUT2D eigenvalue weighted by molar-refractivity contribution is -0.118. The van der Waals surface area contributed by atoms with E-state index in [1.165, 1.54) is 7.11 Å². The summed E-state index contributed by atoms with van der Waals surface area (Å²) in [4.78, 5) is 10.2. The molecule has 0 fully saturated rings. The van der Waals surface area contributed by atoms with Gasteiger partial charge >= 0.3 is 0 Å². The van der Waals surface area contributed by atoms with E-state index in [1.807, 2.05) is 13.0 Å². The number of hydrogen-bond donors (Lipinski definition) is 0. The number of ether oxygens (including phenoxy) is 1. The molecular formula is C7H11NO2. The highest BCUT2D eigenvalue weighted by Gasteiger charge is 2.14. The first-order valence-electron chi connectivity index (χ1n) is 3.11. The minimum absolute atomic E-state index is 0.00694. The van der Waals surface area contributed by atoms with Gasteiger partial charge in [-0.25, -0.2) is 0 Å². The highest BCUT2D eigenvalue weighted by Crippen LogP contribution is 2.07. The van der Waals surface area contributed by atoms with Gasteiger partial charge in [0, 0.05) is 19.4 Å². The van der Waals surface area contributed by atoms with Gasteiger partial charge in [0.05, 0.1) is 6.07 Å². The van der Waals surface area contributed by atoms with Gasteiger partial charge in [-0.1, -0.05) is 6.92 Å². The van der Waals surface area contributed by atoms with E-state index in [0.29, 0.717) is 6.42 Å². The van der Waals surface area contributed by atoms with E-state index in [-0.39, 0.29) is 5.92 Å². The first-order chi connectivity index (χ1) is 4.76. The van der Waals surface area contributed by atoms with Crippen molar-refractivity contribution in [2.75, 3.05) is 7.11 Å². The molecule has 0 heterocycles. The van der Waals surface area contributed by atoms with Gasteiger partial charge in [0.25, 0.3) is 0 Å². The zero-order valence-corrected chi connectivity index (χ0v) is 6.20. The van der Waals surface area contributed by atoms with Crippen molar-refractivity contribution >= 4 is 6.29 Å². The average Bonchev–Trinajstić information content (AvgIpc) is 1.91. The summed E-state index contributed by atoms with van der Waals surface area (Å²) in [6, 6.07) is 1.98. The third-order valence-corrected chi connectivity index (χ3v) is 1.38. The maximum Gasteiger partial charge on any atom is 0.149 e. The standard InChI is InChI=1S/C7H11NO2/c1-6(3-4-8)7(5-9)10-2/h5-7H,3H2,1-2H3/t6-,7-/m0/s1. The zero-order chi connectivity index (χ0) is 7.98. The predicted octanol–water partition coefficient (Wildman–Crippen LogP) is 0.750. The summed E-state index contributed by atoms with van der Waals surface area (Å²) in [7, 11) is 1.47. The summed E-state index contributed by atoms with van der Waals surface area (Å²) >= 11 is 0. The Hall–Kier alpha value is -0.880. The van der Waals surface area contributed by atoms with Crippen molar-refractivity contribution in [1.82, 2.24) is 0 Å². The van der Waals surface area contributed by atoms with E-state index in [2.05, 4.69) is 0 Å². The molecule has 0 rings (SSSR count). The van der Waals surface area contributed by atoms with Crippen LogP contribution in [0.5, 0.6) is 0 Å². The Morgan fingerprint density at radius 3 is 2.70 bits per heavy atom. The van der Waals surface area contributed by atoms with E-state index < -0.39 is 6.10 Å². The highest BCUT2D eigenvalue weighted by molar-refractivity contribution is 5.56. The normalized spacial score (nSPS) is 15.3. The molecule has 0 N–H and O–H groups in total. The second-order valence-electron chi connectivity index (χ2n) is 2.18. The molecule has 10 heavy (non-hydrogen) atoms. The van der Waals surface area contributed by atoms with Gasteiger partial charge in [-0.2, -0.15) is 5.26 Å². The second kappa shape index (κ2) is 4.95. The monoisotopic (exact) mass is 141 g/mol. The van der Waals surface area contributed by atoms with Crippen LogP contribution in [0.4, 0.5) is 0 Å². The lowest BCUT2D eigenvalue weighted by atomic mass is 10.0. The Morgan fingerprint density at radius 1 is 1.80 bits per heavy atom. The van der Waals surface area contributed by atoms with Crippen LogP contribution in [0.25, 0.3) is 0 Å². The molecule has 0 aliphatic heterocycles. The molecule has 0 aromatic heterocycles. The summed E-state index contributed by atoms with van der Waals surface area (Å²) < 4.78 is 4.79. The SMILES string of the molecule is CO[C@@H](C=O)[C@@H](C)CC#N. The first-order valence-corrected chi connectivity index (χ1v) is 3.11. The summed E-state index contributed by atoms with van der Waals surface area (Å²) in [5, 5.41) is 8.26. The van der Waals surface area contributed by atoms with Crippen molar-refractivity contribution in [3.05, 3.63) is 0 Å². The van der Waals surface area contributed by atoms with Crippen LogP contribution >= 0.6 is 0 Å². The van der Waals surface area contributed by atoms with Crippen LogP contribution in [-0.2, 0) is 9.53 Å². The topological polar surface area (TPSA) is 50.1 Å². The predicted molar refractivity (Wildman–Crippen MR) is 36.3 cm³/mol. The quantitative estimate of drug-likeness (QED) is 0.543. The Kier molecular flexibility index (Phi) is 4.51. The number of carbonyl (C=O) groups is 1.